The van der Waals surface area contributed by atoms with Gasteiger partial charge in [0.15, 0.2) is 0 Å². The number of nitrogens with zero attached hydrogens (tertiary/aromatic N) is 2. The fraction of sp³-hybridized carbons (Fsp3) is 1.00. The lowest BCUT2D eigenvalue weighted by atomic mass is 10.1. The van der Waals surface area contributed by atoms with E-state index in [-0.39, 0.29) is 0 Å². The summed E-state index contributed by atoms with van der Waals surface area (Å²) in [5.74, 6) is 0.702. The fourth-order valence-electron chi connectivity index (χ4n) is 3.32. The molecule has 0 spiro atoms. The smallest absolute Gasteiger partial charge is 0.0113 e. The number of rotatable bonds is 5. The fourth-order valence-corrected chi connectivity index (χ4v) is 3.32. The molecule has 0 aromatic rings. The normalized spacial score (nSPS) is 26.5. The highest BCUT2D eigenvalue weighted by Crippen LogP contribution is 2.24. The van der Waals surface area contributed by atoms with Gasteiger partial charge in [-0.15, -0.1) is 0 Å². The predicted octanol–water partition coefficient (Wildman–Crippen LogP) is 1.53. The van der Waals surface area contributed by atoms with Gasteiger partial charge in [-0.25, -0.2) is 0 Å². The molecule has 1 saturated heterocycles. The second-order valence-corrected chi connectivity index (χ2v) is 5.78. The standard InChI is InChI=1S/C14H29N3/c1-2-13(11-15)12-16-7-9-17(10-8-16)14-5-3-4-6-14/h13-14H,2-12,15H2,1H3. The van der Waals surface area contributed by atoms with Crippen molar-refractivity contribution in [3.05, 3.63) is 0 Å². The Kier molecular flexibility index (Phi) is 5.26. The molecule has 17 heavy (non-hydrogen) atoms. The molecule has 1 aliphatic heterocycles. The lowest BCUT2D eigenvalue weighted by Crippen LogP contribution is -2.51. The van der Waals surface area contributed by atoms with Gasteiger partial charge in [0.2, 0.25) is 0 Å². The summed E-state index contributed by atoms with van der Waals surface area (Å²) in [5.41, 5.74) is 5.79. The van der Waals surface area contributed by atoms with Crippen LogP contribution in [0.1, 0.15) is 39.0 Å². The predicted molar refractivity (Wildman–Crippen MR) is 73.1 cm³/mol. The summed E-state index contributed by atoms with van der Waals surface area (Å²) in [6.07, 6.45) is 7.02. The Labute approximate surface area is 106 Å². The third-order valence-corrected chi connectivity index (χ3v) is 4.68. The summed E-state index contributed by atoms with van der Waals surface area (Å²) in [5, 5.41) is 0. The largest absolute Gasteiger partial charge is 0.330 e. The second-order valence-electron chi connectivity index (χ2n) is 5.78. The molecule has 2 fully saturated rings. The minimum atomic E-state index is 0.702. The quantitative estimate of drug-likeness (QED) is 0.790. The van der Waals surface area contributed by atoms with Crippen molar-refractivity contribution < 1.29 is 0 Å². The summed E-state index contributed by atoms with van der Waals surface area (Å²) < 4.78 is 0. The van der Waals surface area contributed by atoms with Gasteiger partial charge in [-0.2, -0.15) is 0 Å². The summed E-state index contributed by atoms with van der Waals surface area (Å²) in [7, 11) is 0. The third-order valence-electron chi connectivity index (χ3n) is 4.68. The van der Waals surface area contributed by atoms with Crippen molar-refractivity contribution in [3.8, 4) is 0 Å². The molecule has 0 aromatic carbocycles. The van der Waals surface area contributed by atoms with E-state index in [1.165, 1.54) is 64.8 Å². The van der Waals surface area contributed by atoms with E-state index >= 15 is 0 Å². The summed E-state index contributed by atoms with van der Waals surface area (Å²) in [4.78, 5) is 5.35. The first kappa shape index (κ1) is 13.3. The van der Waals surface area contributed by atoms with Crippen LogP contribution in [0.3, 0.4) is 0 Å². The molecular formula is C14H29N3. The minimum absolute atomic E-state index is 0.702. The molecule has 1 unspecified atom stereocenters. The van der Waals surface area contributed by atoms with Crippen molar-refractivity contribution in [3.63, 3.8) is 0 Å². The lowest BCUT2D eigenvalue weighted by molar-refractivity contribution is 0.0878. The van der Waals surface area contributed by atoms with Crippen molar-refractivity contribution in [2.45, 2.75) is 45.1 Å². The van der Waals surface area contributed by atoms with Gasteiger partial charge in [-0.05, 0) is 25.3 Å². The van der Waals surface area contributed by atoms with E-state index in [9.17, 15) is 0 Å². The Morgan fingerprint density at radius 2 is 1.76 bits per heavy atom. The molecule has 1 saturated carbocycles. The summed E-state index contributed by atoms with van der Waals surface area (Å²) in [6.45, 7) is 9.40. The number of nitrogens with two attached hydrogens (primary N) is 1. The van der Waals surface area contributed by atoms with Gasteiger partial charge in [0.05, 0.1) is 0 Å². The average Bonchev–Trinajstić information content (AvgIpc) is 2.90. The zero-order valence-corrected chi connectivity index (χ0v) is 11.4. The second kappa shape index (κ2) is 6.72. The van der Waals surface area contributed by atoms with Crippen LogP contribution in [0.5, 0.6) is 0 Å². The van der Waals surface area contributed by atoms with E-state index in [0.717, 1.165) is 12.6 Å². The van der Waals surface area contributed by atoms with Crippen LogP contribution in [-0.4, -0.2) is 55.1 Å². The number of hydrogen-bond donors (Lipinski definition) is 1. The van der Waals surface area contributed by atoms with Crippen LogP contribution in [0.4, 0.5) is 0 Å². The van der Waals surface area contributed by atoms with Crippen molar-refractivity contribution in [1.29, 1.82) is 0 Å². The van der Waals surface area contributed by atoms with Gasteiger partial charge in [-0.3, -0.25) is 4.90 Å². The first-order valence-corrected chi connectivity index (χ1v) is 7.50. The van der Waals surface area contributed by atoms with Gasteiger partial charge < -0.3 is 10.6 Å². The topological polar surface area (TPSA) is 32.5 Å². The molecule has 2 aliphatic rings. The van der Waals surface area contributed by atoms with Crippen molar-refractivity contribution >= 4 is 0 Å². The van der Waals surface area contributed by atoms with Crippen LogP contribution in [0.15, 0.2) is 0 Å². The van der Waals surface area contributed by atoms with Gasteiger partial charge >= 0.3 is 0 Å². The highest BCUT2D eigenvalue weighted by molar-refractivity contribution is 4.82. The monoisotopic (exact) mass is 239 g/mol. The maximum absolute atomic E-state index is 5.79. The Morgan fingerprint density at radius 1 is 1.12 bits per heavy atom. The van der Waals surface area contributed by atoms with Crippen molar-refractivity contribution in [2.24, 2.45) is 11.7 Å². The highest BCUT2D eigenvalue weighted by atomic mass is 15.3. The highest BCUT2D eigenvalue weighted by Gasteiger charge is 2.26. The molecule has 0 aromatic heterocycles. The first-order chi connectivity index (χ1) is 8.33. The third kappa shape index (κ3) is 3.67. The maximum atomic E-state index is 5.79. The van der Waals surface area contributed by atoms with Gasteiger partial charge in [-0.1, -0.05) is 26.2 Å². The average molecular weight is 239 g/mol. The SMILES string of the molecule is CCC(CN)CN1CCN(C2CCCC2)CC1. The molecule has 0 radical (unpaired) electrons. The van der Waals surface area contributed by atoms with Crippen molar-refractivity contribution in [1.82, 2.24) is 9.80 Å². The van der Waals surface area contributed by atoms with E-state index < -0.39 is 0 Å². The summed E-state index contributed by atoms with van der Waals surface area (Å²) in [6, 6.07) is 0.911. The van der Waals surface area contributed by atoms with Crippen LogP contribution in [0, 0.1) is 5.92 Å². The van der Waals surface area contributed by atoms with Crippen molar-refractivity contribution in [2.75, 3.05) is 39.3 Å². The molecule has 2 rings (SSSR count). The Hall–Kier alpha value is -0.120. The first-order valence-electron chi connectivity index (χ1n) is 7.50. The molecule has 2 N–H and O–H groups in total. The van der Waals surface area contributed by atoms with Gasteiger partial charge in [0.1, 0.15) is 0 Å². The van der Waals surface area contributed by atoms with Crippen LogP contribution >= 0.6 is 0 Å². The van der Waals surface area contributed by atoms with Crippen LogP contribution in [-0.2, 0) is 0 Å². The molecule has 1 aliphatic carbocycles. The van der Waals surface area contributed by atoms with Crippen LogP contribution < -0.4 is 5.73 Å². The molecule has 0 amide bonds. The van der Waals surface area contributed by atoms with E-state index in [4.69, 9.17) is 5.73 Å². The van der Waals surface area contributed by atoms with Gasteiger partial charge in [0.25, 0.3) is 0 Å². The maximum Gasteiger partial charge on any atom is 0.0113 e. The number of piperazine rings is 1. The zero-order valence-electron chi connectivity index (χ0n) is 11.4. The lowest BCUT2D eigenvalue weighted by Gasteiger charge is -2.39. The molecule has 1 heterocycles. The van der Waals surface area contributed by atoms with E-state index in [2.05, 4.69) is 16.7 Å². The molecule has 1 atom stereocenters. The molecule has 3 heteroatoms. The van der Waals surface area contributed by atoms with E-state index in [1.54, 1.807) is 0 Å². The Morgan fingerprint density at radius 3 is 2.29 bits per heavy atom. The van der Waals surface area contributed by atoms with E-state index in [1.807, 2.05) is 0 Å². The molecular weight excluding hydrogens is 210 g/mol. The zero-order chi connectivity index (χ0) is 12.1. The molecule has 0 bridgehead atoms. The minimum Gasteiger partial charge on any atom is -0.330 e. The van der Waals surface area contributed by atoms with E-state index in [0.29, 0.717) is 5.92 Å². The van der Waals surface area contributed by atoms with Gasteiger partial charge in [0, 0.05) is 38.8 Å². The Bertz CT molecular complexity index is 202. The summed E-state index contributed by atoms with van der Waals surface area (Å²) >= 11 is 0. The Balaban J connectivity index is 1.70. The molecule has 100 valence electrons. The number of hydrogen-bond acceptors (Lipinski definition) is 3. The van der Waals surface area contributed by atoms with Crippen LogP contribution in [0.25, 0.3) is 0 Å². The van der Waals surface area contributed by atoms with Crippen LogP contribution in [0.2, 0.25) is 0 Å². The molecule has 3 nitrogen and oxygen atoms in total.